The number of hydrogen-bond donors (Lipinski definition) is 1. The molecular weight excluding hydrogens is 262 g/mol. The maximum atomic E-state index is 4.72. The molecule has 0 aliphatic carbocycles. The predicted octanol–water partition coefficient (Wildman–Crippen LogP) is 2.39. The first kappa shape index (κ1) is 16.0. The number of anilines is 2. The molecule has 1 aliphatic heterocycles. The Morgan fingerprint density at radius 1 is 1.38 bits per heavy atom. The van der Waals surface area contributed by atoms with Crippen molar-refractivity contribution in [3.05, 3.63) is 11.9 Å². The zero-order chi connectivity index (χ0) is 15.2. The highest BCUT2D eigenvalue weighted by Gasteiger charge is 2.24. The van der Waals surface area contributed by atoms with Gasteiger partial charge in [0.2, 0.25) is 0 Å². The molecule has 2 rings (SSSR count). The summed E-state index contributed by atoms with van der Waals surface area (Å²) in [6.45, 7) is 7.84. The van der Waals surface area contributed by atoms with E-state index in [0.29, 0.717) is 6.04 Å². The third-order valence-electron chi connectivity index (χ3n) is 4.27. The zero-order valence-corrected chi connectivity index (χ0v) is 13.9. The third-order valence-corrected chi connectivity index (χ3v) is 4.27. The summed E-state index contributed by atoms with van der Waals surface area (Å²) in [4.78, 5) is 14.1. The predicted molar refractivity (Wildman–Crippen MR) is 89.1 cm³/mol. The second-order valence-corrected chi connectivity index (χ2v) is 5.83. The monoisotopic (exact) mass is 291 g/mol. The van der Waals surface area contributed by atoms with Gasteiger partial charge < -0.3 is 10.2 Å². The number of nitrogens with one attached hydrogen (secondary N) is 1. The molecule has 21 heavy (non-hydrogen) atoms. The molecule has 0 aromatic carbocycles. The first-order valence-corrected chi connectivity index (χ1v) is 8.18. The lowest BCUT2D eigenvalue weighted by molar-refractivity contribution is 0.270. The molecular formula is C16H29N5. The summed E-state index contributed by atoms with van der Waals surface area (Å²) in [5.74, 6) is 2.87. The number of hydrogen-bond acceptors (Lipinski definition) is 5. The van der Waals surface area contributed by atoms with Gasteiger partial charge in [-0.1, -0.05) is 13.8 Å². The molecule has 1 aliphatic rings. The van der Waals surface area contributed by atoms with Gasteiger partial charge in [-0.25, -0.2) is 9.97 Å². The van der Waals surface area contributed by atoms with Gasteiger partial charge in [0.15, 0.2) is 0 Å². The fraction of sp³-hybridized carbons (Fsp3) is 0.750. The van der Waals surface area contributed by atoms with Gasteiger partial charge in [0.1, 0.15) is 17.5 Å². The van der Waals surface area contributed by atoms with Crippen LogP contribution in [-0.2, 0) is 6.42 Å². The van der Waals surface area contributed by atoms with Crippen molar-refractivity contribution in [3.63, 3.8) is 0 Å². The first-order chi connectivity index (χ1) is 10.2. The Kier molecular flexibility index (Phi) is 5.79. The normalized spacial score (nSPS) is 19.0. The van der Waals surface area contributed by atoms with Gasteiger partial charge in [-0.05, 0) is 32.4 Å². The van der Waals surface area contributed by atoms with E-state index in [4.69, 9.17) is 4.98 Å². The Morgan fingerprint density at radius 3 is 2.86 bits per heavy atom. The van der Waals surface area contributed by atoms with Crippen molar-refractivity contribution in [2.24, 2.45) is 0 Å². The van der Waals surface area contributed by atoms with Crippen LogP contribution in [0.1, 0.15) is 38.9 Å². The lowest BCUT2D eigenvalue weighted by Gasteiger charge is -2.28. The van der Waals surface area contributed by atoms with Gasteiger partial charge in [-0.15, -0.1) is 0 Å². The van der Waals surface area contributed by atoms with Gasteiger partial charge in [-0.3, -0.25) is 4.90 Å². The minimum atomic E-state index is 0.655. The molecule has 1 fully saturated rings. The molecule has 0 bridgehead atoms. The van der Waals surface area contributed by atoms with Crippen LogP contribution in [-0.4, -0.2) is 54.6 Å². The van der Waals surface area contributed by atoms with Crippen molar-refractivity contribution in [2.75, 3.05) is 43.9 Å². The summed E-state index contributed by atoms with van der Waals surface area (Å²) < 4.78 is 0. The summed E-state index contributed by atoms with van der Waals surface area (Å²) in [6, 6.07) is 2.70. The summed E-state index contributed by atoms with van der Waals surface area (Å²) in [6.07, 6.45) is 4.62. The average molecular weight is 291 g/mol. The van der Waals surface area contributed by atoms with Crippen LogP contribution in [0.25, 0.3) is 0 Å². The van der Waals surface area contributed by atoms with E-state index in [1.807, 2.05) is 13.1 Å². The number of nitrogens with zero attached hydrogens (tertiary/aromatic N) is 4. The molecule has 1 aromatic rings. The molecule has 118 valence electrons. The minimum Gasteiger partial charge on any atom is -0.373 e. The van der Waals surface area contributed by atoms with Crippen LogP contribution in [0.3, 0.4) is 0 Å². The van der Waals surface area contributed by atoms with Crippen LogP contribution in [0.2, 0.25) is 0 Å². The molecule has 5 nitrogen and oxygen atoms in total. The molecule has 0 amide bonds. The minimum absolute atomic E-state index is 0.655. The maximum Gasteiger partial charge on any atom is 0.134 e. The van der Waals surface area contributed by atoms with Gasteiger partial charge in [0.25, 0.3) is 0 Å². The number of aryl methyl sites for hydroxylation is 1. The van der Waals surface area contributed by atoms with E-state index in [-0.39, 0.29) is 0 Å². The van der Waals surface area contributed by atoms with Crippen LogP contribution < -0.4 is 10.2 Å². The van der Waals surface area contributed by atoms with E-state index in [2.05, 4.69) is 41.0 Å². The largest absolute Gasteiger partial charge is 0.373 e. The highest BCUT2D eigenvalue weighted by Crippen LogP contribution is 2.21. The molecule has 0 spiro atoms. The van der Waals surface area contributed by atoms with E-state index < -0.39 is 0 Å². The van der Waals surface area contributed by atoms with Crippen molar-refractivity contribution in [1.82, 2.24) is 14.9 Å². The van der Waals surface area contributed by atoms with Gasteiger partial charge in [0, 0.05) is 39.2 Å². The fourth-order valence-electron chi connectivity index (χ4n) is 3.07. The molecule has 1 unspecified atom stereocenters. The quantitative estimate of drug-likeness (QED) is 0.835. The van der Waals surface area contributed by atoms with Crippen LogP contribution in [0, 0.1) is 0 Å². The Labute approximate surface area is 128 Å². The van der Waals surface area contributed by atoms with Crippen molar-refractivity contribution >= 4 is 11.6 Å². The van der Waals surface area contributed by atoms with E-state index in [0.717, 1.165) is 43.4 Å². The van der Waals surface area contributed by atoms with Crippen LogP contribution >= 0.6 is 0 Å². The van der Waals surface area contributed by atoms with Gasteiger partial charge >= 0.3 is 0 Å². The van der Waals surface area contributed by atoms with Crippen LogP contribution in [0.15, 0.2) is 6.07 Å². The Hall–Kier alpha value is -1.36. The van der Waals surface area contributed by atoms with Crippen LogP contribution in [0.4, 0.5) is 11.6 Å². The first-order valence-electron chi connectivity index (χ1n) is 8.18. The molecule has 1 atom stereocenters. The lowest BCUT2D eigenvalue weighted by Crippen LogP contribution is -2.39. The number of rotatable bonds is 7. The summed E-state index contributed by atoms with van der Waals surface area (Å²) >= 11 is 0. The molecule has 1 aromatic heterocycles. The standard InChI is InChI=1S/C16H29N5/c1-5-8-14-18-15(17-3)11-16(19-14)20(4)12-13-9-7-10-21(13)6-2/h11,13H,5-10,12H2,1-4H3,(H,17,18,19). The Bertz CT molecular complexity index is 448. The van der Waals surface area contributed by atoms with Crippen molar-refractivity contribution in [3.8, 4) is 0 Å². The summed E-state index contributed by atoms with van der Waals surface area (Å²) in [5.41, 5.74) is 0. The third kappa shape index (κ3) is 4.06. The van der Waals surface area contributed by atoms with Crippen molar-refractivity contribution in [1.29, 1.82) is 0 Å². The Morgan fingerprint density at radius 2 is 2.19 bits per heavy atom. The van der Waals surface area contributed by atoms with E-state index in [9.17, 15) is 0 Å². The second kappa shape index (κ2) is 7.59. The molecule has 1 N–H and O–H groups in total. The number of likely N-dealkylation sites (N-methyl/N-ethyl adjacent to an activating group) is 2. The molecule has 1 saturated heterocycles. The maximum absolute atomic E-state index is 4.72. The SMILES string of the molecule is CCCc1nc(NC)cc(N(C)CC2CCCN2CC)n1. The summed E-state index contributed by atoms with van der Waals surface area (Å²) in [7, 11) is 4.06. The molecule has 5 heteroatoms. The highest BCUT2D eigenvalue weighted by atomic mass is 15.2. The van der Waals surface area contributed by atoms with Gasteiger partial charge in [0.05, 0.1) is 0 Å². The molecule has 0 radical (unpaired) electrons. The Balaban J connectivity index is 2.10. The molecule has 2 heterocycles. The van der Waals surface area contributed by atoms with E-state index in [1.54, 1.807) is 0 Å². The fourth-order valence-corrected chi connectivity index (χ4v) is 3.07. The van der Waals surface area contributed by atoms with E-state index >= 15 is 0 Å². The van der Waals surface area contributed by atoms with Gasteiger partial charge in [-0.2, -0.15) is 0 Å². The molecule has 0 saturated carbocycles. The highest BCUT2D eigenvalue weighted by molar-refractivity contribution is 5.48. The number of aromatic nitrogens is 2. The topological polar surface area (TPSA) is 44.3 Å². The van der Waals surface area contributed by atoms with Crippen LogP contribution in [0.5, 0.6) is 0 Å². The lowest BCUT2D eigenvalue weighted by atomic mass is 10.2. The van der Waals surface area contributed by atoms with E-state index in [1.165, 1.54) is 19.4 Å². The second-order valence-electron chi connectivity index (χ2n) is 5.83. The smallest absolute Gasteiger partial charge is 0.134 e. The zero-order valence-electron chi connectivity index (χ0n) is 13.9. The average Bonchev–Trinajstić information content (AvgIpc) is 2.94. The van der Waals surface area contributed by atoms with Crippen molar-refractivity contribution < 1.29 is 0 Å². The van der Waals surface area contributed by atoms with Crippen molar-refractivity contribution in [2.45, 2.75) is 45.6 Å². The number of likely N-dealkylation sites (tertiary alicyclic amines) is 1. The summed E-state index contributed by atoms with van der Waals surface area (Å²) in [5, 5.41) is 3.15.